The van der Waals surface area contributed by atoms with Gasteiger partial charge >= 0.3 is 6.18 Å². The first-order valence-electron chi connectivity index (χ1n) is 5.40. The molecule has 0 bridgehead atoms. The van der Waals surface area contributed by atoms with Crippen molar-refractivity contribution >= 4 is 12.4 Å². The molecule has 0 amide bonds. The molecule has 1 aromatic carbocycles. The van der Waals surface area contributed by atoms with E-state index in [1.54, 1.807) is 6.92 Å². The molecule has 6 heteroatoms. The van der Waals surface area contributed by atoms with Gasteiger partial charge in [-0.25, -0.2) is 4.39 Å². The first-order valence-corrected chi connectivity index (χ1v) is 5.40. The van der Waals surface area contributed by atoms with Crippen LogP contribution in [-0.4, -0.2) is 0 Å². The maximum absolute atomic E-state index is 13.7. The van der Waals surface area contributed by atoms with E-state index < -0.39 is 23.6 Å². The zero-order valence-electron chi connectivity index (χ0n) is 10.1. The molecule has 0 aromatic heterocycles. The highest BCUT2D eigenvalue weighted by Crippen LogP contribution is 2.34. The molecule has 0 fully saturated rings. The monoisotopic (exact) mass is 285 g/mol. The molecule has 0 saturated heterocycles. The number of nitrogens with two attached hydrogens (primary N) is 1. The largest absolute Gasteiger partial charge is 0.419 e. The number of hydrogen-bond donors (Lipinski definition) is 1. The van der Waals surface area contributed by atoms with Gasteiger partial charge in [-0.05, 0) is 12.0 Å². The van der Waals surface area contributed by atoms with E-state index in [1.807, 2.05) is 6.92 Å². The zero-order valence-corrected chi connectivity index (χ0v) is 10.9. The Labute approximate surface area is 110 Å². The van der Waals surface area contributed by atoms with Crippen LogP contribution in [0.3, 0.4) is 0 Å². The van der Waals surface area contributed by atoms with Crippen LogP contribution in [0.5, 0.6) is 0 Å². The summed E-state index contributed by atoms with van der Waals surface area (Å²) in [5.74, 6) is -1.33. The first-order chi connectivity index (χ1) is 7.79. The summed E-state index contributed by atoms with van der Waals surface area (Å²) in [5, 5.41) is 0. The average molecular weight is 286 g/mol. The minimum atomic E-state index is -4.69. The van der Waals surface area contributed by atoms with Gasteiger partial charge in [-0.3, -0.25) is 0 Å². The second-order valence-corrected chi connectivity index (χ2v) is 4.12. The van der Waals surface area contributed by atoms with Crippen molar-refractivity contribution in [1.82, 2.24) is 0 Å². The fraction of sp³-hybridized carbons (Fsp3) is 0.500. The van der Waals surface area contributed by atoms with Crippen LogP contribution >= 0.6 is 12.4 Å². The predicted molar refractivity (Wildman–Crippen MR) is 65.0 cm³/mol. The van der Waals surface area contributed by atoms with Crippen LogP contribution in [0.15, 0.2) is 18.2 Å². The van der Waals surface area contributed by atoms with Gasteiger partial charge < -0.3 is 5.73 Å². The van der Waals surface area contributed by atoms with E-state index in [-0.39, 0.29) is 23.9 Å². The molecule has 2 N–H and O–H groups in total. The van der Waals surface area contributed by atoms with Crippen LogP contribution in [0.1, 0.15) is 37.4 Å². The van der Waals surface area contributed by atoms with Crippen LogP contribution < -0.4 is 5.73 Å². The molecule has 18 heavy (non-hydrogen) atoms. The molecule has 0 spiro atoms. The first kappa shape index (κ1) is 17.2. The number of halogens is 5. The van der Waals surface area contributed by atoms with Crippen molar-refractivity contribution in [2.24, 2.45) is 11.7 Å². The van der Waals surface area contributed by atoms with Gasteiger partial charge in [0.05, 0.1) is 5.56 Å². The van der Waals surface area contributed by atoms with Gasteiger partial charge in [-0.15, -0.1) is 12.4 Å². The van der Waals surface area contributed by atoms with Gasteiger partial charge in [0.25, 0.3) is 0 Å². The molecule has 0 heterocycles. The van der Waals surface area contributed by atoms with E-state index in [0.717, 1.165) is 6.07 Å². The van der Waals surface area contributed by atoms with Crippen molar-refractivity contribution in [3.63, 3.8) is 0 Å². The SMILES string of the molecule is CCC(C)[C@@H](N)c1cccc(C(F)(F)F)c1F.Cl. The molecule has 0 aliphatic rings. The van der Waals surface area contributed by atoms with E-state index in [1.165, 1.54) is 12.1 Å². The van der Waals surface area contributed by atoms with E-state index in [0.29, 0.717) is 6.42 Å². The Morgan fingerprint density at radius 1 is 1.28 bits per heavy atom. The van der Waals surface area contributed by atoms with Gasteiger partial charge in [-0.1, -0.05) is 32.4 Å². The summed E-state index contributed by atoms with van der Waals surface area (Å²) >= 11 is 0. The molecular weight excluding hydrogens is 270 g/mol. The second kappa shape index (κ2) is 6.38. The van der Waals surface area contributed by atoms with Gasteiger partial charge in [-0.2, -0.15) is 13.2 Å². The second-order valence-electron chi connectivity index (χ2n) is 4.12. The molecule has 2 atom stereocenters. The Balaban J connectivity index is 0.00000289. The summed E-state index contributed by atoms with van der Waals surface area (Å²) in [4.78, 5) is 0. The Morgan fingerprint density at radius 2 is 1.83 bits per heavy atom. The molecule has 1 nitrogen and oxygen atoms in total. The molecule has 0 saturated carbocycles. The molecule has 0 radical (unpaired) electrons. The smallest absolute Gasteiger partial charge is 0.324 e. The van der Waals surface area contributed by atoms with Gasteiger partial charge in [0, 0.05) is 11.6 Å². The fourth-order valence-corrected chi connectivity index (χ4v) is 1.59. The molecule has 1 unspecified atom stereocenters. The van der Waals surface area contributed by atoms with E-state index in [2.05, 4.69) is 0 Å². The molecule has 0 aliphatic heterocycles. The Morgan fingerprint density at radius 3 is 2.28 bits per heavy atom. The van der Waals surface area contributed by atoms with E-state index >= 15 is 0 Å². The predicted octanol–water partition coefficient (Wildman–Crippen LogP) is 4.31. The summed E-state index contributed by atoms with van der Waals surface area (Å²) in [5.41, 5.74) is 4.42. The lowest BCUT2D eigenvalue weighted by atomic mass is 9.92. The third kappa shape index (κ3) is 3.59. The van der Waals surface area contributed by atoms with Gasteiger partial charge in [0.15, 0.2) is 0 Å². The van der Waals surface area contributed by atoms with Crippen molar-refractivity contribution in [3.05, 3.63) is 35.1 Å². The minimum Gasteiger partial charge on any atom is -0.324 e. The number of alkyl halides is 3. The Hall–Kier alpha value is -0.810. The fourth-order valence-electron chi connectivity index (χ4n) is 1.59. The maximum Gasteiger partial charge on any atom is 0.419 e. The lowest BCUT2D eigenvalue weighted by Gasteiger charge is -2.20. The van der Waals surface area contributed by atoms with E-state index in [4.69, 9.17) is 5.73 Å². The number of rotatable bonds is 3. The third-order valence-corrected chi connectivity index (χ3v) is 2.95. The summed E-state index contributed by atoms with van der Waals surface area (Å²) < 4.78 is 51.2. The lowest BCUT2D eigenvalue weighted by molar-refractivity contribution is -0.140. The number of benzene rings is 1. The van der Waals surface area contributed by atoms with Crippen molar-refractivity contribution in [1.29, 1.82) is 0 Å². The third-order valence-electron chi connectivity index (χ3n) is 2.95. The lowest BCUT2D eigenvalue weighted by Crippen LogP contribution is -2.21. The van der Waals surface area contributed by atoms with Crippen LogP contribution in [0.4, 0.5) is 17.6 Å². The molecule has 0 aliphatic carbocycles. The highest BCUT2D eigenvalue weighted by Gasteiger charge is 2.35. The van der Waals surface area contributed by atoms with Crippen molar-refractivity contribution in [2.75, 3.05) is 0 Å². The molecule has 1 rings (SSSR count). The van der Waals surface area contributed by atoms with Crippen molar-refractivity contribution in [2.45, 2.75) is 32.5 Å². The molecular formula is C12H16ClF4N. The summed E-state index contributed by atoms with van der Waals surface area (Å²) in [6.07, 6.45) is -4.01. The van der Waals surface area contributed by atoms with E-state index in [9.17, 15) is 17.6 Å². The Bertz CT molecular complexity index is 392. The summed E-state index contributed by atoms with van der Waals surface area (Å²) in [7, 11) is 0. The van der Waals surface area contributed by atoms with Gasteiger partial charge in [0.2, 0.25) is 0 Å². The van der Waals surface area contributed by atoms with Crippen LogP contribution in [-0.2, 0) is 6.18 Å². The van der Waals surface area contributed by atoms with Crippen LogP contribution in [0.2, 0.25) is 0 Å². The summed E-state index contributed by atoms with van der Waals surface area (Å²) in [6.45, 7) is 3.64. The maximum atomic E-state index is 13.7. The van der Waals surface area contributed by atoms with Crippen LogP contribution in [0, 0.1) is 11.7 Å². The van der Waals surface area contributed by atoms with Crippen molar-refractivity contribution < 1.29 is 17.6 Å². The quantitative estimate of drug-likeness (QED) is 0.823. The average Bonchev–Trinajstić information content (AvgIpc) is 2.25. The highest BCUT2D eigenvalue weighted by molar-refractivity contribution is 5.85. The normalized spacial score (nSPS) is 14.8. The highest BCUT2D eigenvalue weighted by atomic mass is 35.5. The van der Waals surface area contributed by atoms with Gasteiger partial charge in [0.1, 0.15) is 5.82 Å². The zero-order chi connectivity index (χ0) is 13.2. The topological polar surface area (TPSA) is 26.0 Å². The Kier molecular flexibility index (Phi) is 6.10. The van der Waals surface area contributed by atoms with Crippen LogP contribution in [0.25, 0.3) is 0 Å². The van der Waals surface area contributed by atoms with Crippen molar-refractivity contribution in [3.8, 4) is 0 Å². The molecule has 1 aromatic rings. The number of hydrogen-bond acceptors (Lipinski definition) is 1. The standard InChI is InChI=1S/C12H15F4N.ClH/c1-3-7(2)11(17)8-5-4-6-9(10(8)13)12(14,15)16;/h4-7,11H,3,17H2,1-2H3;1H/t7?,11-;/m1./s1. The molecule has 104 valence electrons. The summed E-state index contributed by atoms with van der Waals surface area (Å²) in [6, 6.07) is 2.50. The minimum absolute atomic E-state index is 0.